The molecule has 4 heteroatoms. The fraction of sp³-hybridized carbons (Fsp3) is 0.250. The smallest absolute Gasteiger partial charge is 0.0624 e. The van der Waals surface area contributed by atoms with Crippen molar-refractivity contribution in [2.24, 2.45) is 0 Å². The number of hydrogen-bond donors (Lipinski definition) is 1. The lowest BCUT2D eigenvalue weighted by Gasteiger charge is -2.18. The molecule has 2 aromatic rings. The van der Waals surface area contributed by atoms with Gasteiger partial charge in [-0.3, -0.25) is 0 Å². The summed E-state index contributed by atoms with van der Waals surface area (Å²) in [4.78, 5) is 0. The summed E-state index contributed by atoms with van der Waals surface area (Å²) in [5.41, 5.74) is 2.30. The van der Waals surface area contributed by atoms with Crippen LogP contribution in [0.15, 0.2) is 42.5 Å². The number of hydrogen-bond acceptors (Lipinski definition) is 1. The maximum Gasteiger partial charge on any atom is 0.0624 e. The lowest BCUT2D eigenvalue weighted by molar-refractivity contribution is 0.626. The van der Waals surface area contributed by atoms with E-state index in [9.17, 15) is 0 Å². The van der Waals surface area contributed by atoms with Gasteiger partial charge in [-0.25, -0.2) is 0 Å². The Kier molecular flexibility index (Phi) is 5.74. The largest absolute Gasteiger partial charge is 0.319 e. The predicted molar refractivity (Wildman–Crippen MR) is 88.3 cm³/mol. The van der Waals surface area contributed by atoms with Gasteiger partial charge < -0.3 is 5.32 Å². The molecule has 2 aromatic carbocycles. The average Bonchev–Trinajstić information content (AvgIpc) is 2.44. The molecule has 0 aliphatic heterocycles. The Bertz CT molecular complexity index is 566. The van der Waals surface area contributed by atoms with E-state index < -0.39 is 0 Å². The minimum Gasteiger partial charge on any atom is -0.319 e. The molecule has 0 aromatic heterocycles. The second-order valence-corrected chi connectivity index (χ2v) is 5.94. The molecule has 1 nitrogen and oxygen atoms in total. The molecular weight excluding hydrogens is 313 g/mol. The molecule has 2 rings (SSSR count). The molecule has 0 fully saturated rings. The van der Waals surface area contributed by atoms with Crippen molar-refractivity contribution in [2.45, 2.75) is 12.3 Å². The van der Waals surface area contributed by atoms with Crippen LogP contribution in [0.1, 0.15) is 17.0 Å². The summed E-state index contributed by atoms with van der Waals surface area (Å²) < 4.78 is 0. The van der Waals surface area contributed by atoms with E-state index in [-0.39, 0.29) is 0 Å². The number of likely N-dealkylation sites (N-methyl/N-ethyl adjacent to an activating group) is 1. The third kappa shape index (κ3) is 3.89. The Hall–Kier alpha value is -0.730. The number of rotatable bonds is 5. The van der Waals surface area contributed by atoms with Crippen LogP contribution in [0, 0.1) is 0 Å². The van der Waals surface area contributed by atoms with E-state index in [1.54, 1.807) is 0 Å². The lowest BCUT2D eigenvalue weighted by atomic mass is 9.92. The van der Waals surface area contributed by atoms with Crippen molar-refractivity contribution in [2.75, 3.05) is 13.6 Å². The molecule has 0 bridgehead atoms. The Balaban J connectivity index is 2.25. The van der Waals surface area contributed by atoms with Gasteiger partial charge in [0.05, 0.1) is 10.0 Å². The summed E-state index contributed by atoms with van der Waals surface area (Å²) in [7, 11) is 1.95. The van der Waals surface area contributed by atoms with Gasteiger partial charge in [0, 0.05) is 17.5 Å². The molecule has 0 spiro atoms. The van der Waals surface area contributed by atoms with Crippen LogP contribution < -0.4 is 5.32 Å². The van der Waals surface area contributed by atoms with Gasteiger partial charge >= 0.3 is 0 Å². The van der Waals surface area contributed by atoms with Crippen LogP contribution >= 0.6 is 34.8 Å². The van der Waals surface area contributed by atoms with Gasteiger partial charge in [0.25, 0.3) is 0 Å². The van der Waals surface area contributed by atoms with Crippen molar-refractivity contribution in [1.29, 1.82) is 0 Å². The first-order valence-corrected chi connectivity index (χ1v) is 7.58. The maximum atomic E-state index is 6.28. The Labute approximate surface area is 134 Å². The zero-order chi connectivity index (χ0) is 14.5. The molecule has 0 radical (unpaired) electrons. The van der Waals surface area contributed by atoms with Crippen LogP contribution in [-0.2, 0) is 6.42 Å². The average molecular weight is 329 g/mol. The summed E-state index contributed by atoms with van der Waals surface area (Å²) in [6.07, 6.45) is 0.835. The van der Waals surface area contributed by atoms with Crippen molar-refractivity contribution in [1.82, 2.24) is 5.32 Å². The van der Waals surface area contributed by atoms with Crippen LogP contribution in [-0.4, -0.2) is 13.6 Å². The van der Waals surface area contributed by atoms with Gasteiger partial charge in [-0.1, -0.05) is 59.1 Å². The SMILES string of the molecule is CNCC(Cc1cccc(Cl)c1Cl)c1ccc(Cl)cc1. The molecule has 1 N–H and O–H groups in total. The fourth-order valence-electron chi connectivity index (χ4n) is 2.26. The van der Waals surface area contributed by atoms with E-state index in [0.717, 1.165) is 23.6 Å². The van der Waals surface area contributed by atoms with E-state index in [4.69, 9.17) is 34.8 Å². The highest BCUT2D eigenvalue weighted by atomic mass is 35.5. The van der Waals surface area contributed by atoms with Gasteiger partial charge in [-0.2, -0.15) is 0 Å². The number of benzene rings is 2. The summed E-state index contributed by atoms with van der Waals surface area (Å²) in [5.74, 6) is 0.327. The highest BCUT2D eigenvalue weighted by molar-refractivity contribution is 6.42. The van der Waals surface area contributed by atoms with Crippen molar-refractivity contribution in [3.8, 4) is 0 Å². The van der Waals surface area contributed by atoms with Crippen LogP contribution in [0.2, 0.25) is 15.1 Å². The monoisotopic (exact) mass is 327 g/mol. The van der Waals surface area contributed by atoms with E-state index in [1.165, 1.54) is 5.56 Å². The van der Waals surface area contributed by atoms with Crippen molar-refractivity contribution >= 4 is 34.8 Å². The minimum absolute atomic E-state index is 0.327. The van der Waals surface area contributed by atoms with Crippen LogP contribution in [0.3, 0.4) is 0 Å². The highest BCUT2D eigenvalue weighted by Gasteiger charge is 2.14. The second-order valence-electron chi connectivity index (χ2n) is 4.72. The third-order valence-corrected chi connectivity index (χ3v) is 4.40. The van der Waals surface area contributed by atoms with Crippen molar-refractivity contribution < 1.29 is 0 Å². The zero-order valence-corrected chi connectivity index (χ0v) is 13.4. The molecule has 0 aliphatic carbocycles. The molecule has 0 amide bonds. The Morgan fingerprint density at radius 3 is 2.35 bits per heavy atom. The zero-order valence-electron chi connectivity index (χ0n) is 11.2. The molecular formula is C16H16Cl3N. The van der Waals surface area contributed by atoms with Gasteiger partial charge in [0.2, 0.25) is 0 Å². The molecule has 1 atom stereocenters. The van der Waals surface area contributed by atoms with Crippen molar-refractivity contribution in [3.05, 3.63) is 68.7 Å². The normalized spacial score (nSPS) is 12.4. The summed E-state index contributed by atoms with van der Waals surface area (Å²) in [6, 6.07) is 13.7. The summed E-state index contributed by atoms with van der Waals surface area (Å²) in [5, 5.41) is 5.22. The summed E-state index contributed by atoms with van der Waals surface area (Å²) in [6.45, 7) is 0.866. The van der Waals surface area contributed by atoms with E-state index in [0.29, 0.717) is 16.0 Å². The first-order valence-electron chi connectivity index (χ1n) is 6.44. The van der Waals surface area contributed by atoms with Crippen LogP contribution in [0.25, 0.3) is 0 Å². The lowest BCUT2D eigenvalue weighted by Crippen LogP contribution is -2.19. The van der Waals surface area contributed by atoms with Crippen LogP contribution in [0.5, 0.6) is 0 Å². The molecule has 20 heavy (non-hydrogen) atoms. The summed E-state index contributed by atoms with van der Waals surface area (Å²) >= 11 is 18.3. The van der Waals surface area contributed by atoms with Gasteiger partial charge in [-0.05, 0) is 42.8 Å². The molecule has 0 saturated heterocycles. The van der Waals surface area contributed by atoms with Crippen molar-refractivity contribution in [3.63, 3.8) is 0 Å². The molecule has 0 saturated carbocycles. The molecule has 0 aliphatic rings. The number of halogens is 3. The standard InChI is InChI=1S/C16H16Cl3N/c1-20-10-13(11-5-7-14(17)8-6-11)9-12-3-2-4-15(18)16(12)19/h2-8,13,20H,9-10H2,1H3. The quantitative estimate of drug-likeness (QED) is 0.796. The first kappa shape index (κ1) is 15.7. The molecule has 106 valence electrons. The van der Waals surface area contributed by atoms with Gasteiger partial charge in [-0.15, -0.1) is 0 Å². The Morgan fingerprint density at radius 2 is 1.70 bits per heavy atom. The maximum absolute atomic E-state index is 6.28. The molecule has 1 unspecified atom stereocenters. The second kappa shape index (κ2) is 7.33. The topological polar surface area (TPSA) is 12.0 Å². The minimum atomic E-state index is 0.327. The number of nitrogens with one attached hydrogen (secondary N) is 1. The Morgan fingerprint density at radius 1 is 1.00 bits per heavy atom. The van der Waals surface area contributed by atoms with Gasteiger partial charge in [0.1, 0.15) is 0 Å². The van der Waals surface area contributed by atoms with E-state index in [2.05, 4.69) is 17.4 Å². The third-order valence-electron chi connectivity index (χ3n) is 3.29. The van der Waals surface area contributed by atoms with E-state index in [1.807, 2.05) is 37.4 Å². The van der Waals surface area contributed by atoms with Crippen LogP contribution in [0.4, 0.5) is 0 Å². The fourth-order valence-corrected chi connectivity index (χ4v) is 2.78. The van der Waals surface area contributed by atoms with E-state index >= 15 is 0 Å². The first-order chi connectivity index (χ1) is 9.61. The van der Waals surface area contributed by atoms with Gasteiger partial charge in [0.15, 0.2) is 0 Å². The molecule has 0 heterocycles. The highest BCUT2D eigenvalue weighted by Crippen LogP contribution is 2.30. The predicted octanol–water partition coefficient (Wildman–Crippen LogP) is 5.19.